The largest absolute Gasteiger partial charge is 0.511 e. The Hall–Kier alpha value is -3.28. The van der Waals surface area contributed by atoms with Crippen molar-refractivity contribution in [3.63, 3.8) is 0 Å². The number of nitrogens with zero attached hydrogens (tertiary/aromatic N) is 1. The van der Waals surface area contributed by atoms with E-state index in [1.807, 2.05) is 70.2 Å². The summed E-state index contributed by atoms with van der Waals surface area (Å²) >= 11 is 0. The van der Waals surface area contributed by atoms with E-state index in [4.69, 9.17) is 19.2 Å². The van der Waals surface area contributed by atoms with Gasteiger partial charge in [-0.05, 0) is 55.5 Å². The van der Waals surface area contributed by atoms with Gasteiger partial charge in [-0.1, -0.05) is 32.0 Å². The second-order valence-electron chi connectivity index (χ2n) is 8.82. The number of ether oxygens (including phenoxy) is 3. The molecule has 1 aliphatic rings. The van der Waals surface area contributed by atoms with Gasteiger partial charge in [0.15, 0.2) is 17.3 Å². The van der Waals surface area contributed by atoms with Crippen LogP contribution in [0.2, 0.25) is 0 Å². The maximum absolute atomic E-state index is 13.1. The summed E-state index contributed by atoms with van der Waals surface area (Å²) in [6.07, 6.45) is 1.12. The maximum Gasteiger partial charge on any atom is 0.168 e. The molecule has 0 saturated heterocycles. The van der Waals surface area contributed by atoms with Gasteiger partial charge in [-0.2, -0.15) is 0 Å². The molecule has 3 rings (SSSR count). The summed E-state index contributed by atoms with van der Waals surface area (Å²) in [7, 11) is 1.59. The van der Waals surface area contributed by atoms with Gasteiger partial charge >= 0.3 is 0 Å². The van der Waals surface area contributed by atoms with E-state index in [1.54, 1.807) is 7.11 Å². The zero-order valence-electron chi connectivity index (χ0n) is 20.1. The number of aliphatic hydroxyl groups is 1. The number of allylic oxidation sites excluding steroid dienone is 2. The predicted molar refractivity (Wildman–Crippen MR) is 130 cm³/mol. The third-order valence-corrected chi connectivity index (χ3v) is 5.46. The molecule has 1 N–H and O–H groups in total. The van der Waals surface area contributed by atoms with Gasteiger partial charge in [-0.25, -0.2) is 4.99 Å². The topological polar surface area (TPSA) is 77.4 Å². The smallest absolute Gasteiger partial charge is 0.168 e. The van der Waals surface area contributed by atoms with E-state index in [1.165, 1.54) is 0 Å². The fourth-order valence-corrected chi connectivity index (χ4v) is 4.07. The summed E-state index contributed by atoms with van der Waals surface area (Å²) in [5.74, 6) is 1.80. The molecule has 6 nitrogen and oxygen atoms in total. The quantitative estimate of drug-likeness (QED) is 0.393. The molecule has 0 unspecified atom stereocenters. The van der Waals surface area contributed by atoms with E-state index in [9.17, 15) is 9.90 Å². The van der Waals surface area contributed by atoms with E-state index in [-0.39, 0.29) is 23.4 Å². The lowest BCUT2D eigenvalue weighted by molar-refractivity contribution is -0.117. The summed E-state index contributed by atoms with van der Waals surface area (Å²) in [6, 6.07) is 13.0. The highest BCUT2D eigenvalue weighted by molar-refractivity contribution is 6.25. The molecule has 2 aromatic carbocycles. The minimum Gasteiger partial charge on any atom is -0.511 e. The first-order valence-corrected chi connectivity index (χ1v) is 11.3. The third-order valence-electron chi connectivity index (χ3n) is 5.46. The highest BCUT2D eigenvalue weighted by Gasteiger charge is 2.36. The number of carbonyl (C=O) groups excluding carboxylic acids is 1. The van der Waals surface area contributed by atoms with Crippen LogP contribution in [0.15, 0.2) is 58.8 Å². The minimum atomic E-state index is -0.247. The number of Topliss-reactive ketones (excluding diaryl/α,β-unsaturated/α-hetero) is 1. The van der Waals surface area contributed by atoms with Crippen LogP contribution in [0.4, 0.5) is 5.69 Å². The monoisotopic (exact) mass is 451 g/mol. The second kappa shape index (κ2) is 10.6. The normalized spacial score (nSPS) is 18.2. The van der Waals surface area contributed by atoms with Crippen molar-refractivity contribution in [3.05, 3.63) is 59.4 Å². The van der Waals surface area contributed by atoms with Gasteiger partial charge in [-0.15, -0.1) is 0 Å². The average molecular weight is 452 g/mol. The number of methoxy groups -OCH3 is 1. The van der Waals surface area contributed by atoms with E-state index in [0.29, 0.717) is 60.3 Å². The lowest BCUT2D eigenvalue weighted by atomic mass is 9.73. The summed E-state index contributed by atoms with van der Waals surface area (Å²) < 4.78 is 16.8. The van der Waals surface area contributed by atoms with Gasteiger partial charge in [0.1, 0.15) is 17.2 Å². The van der Waals surface area contributed by atoms with Crippen LogP contribution in [0.5, 0.6) is 17.2 Å². The molecule has 176 valence electrons. The van der Waals surface area contributed by atoms with Gasteiger partial charge < -0.3 is 19.3 Å². The summed E-state index contributed by atoms with van der Waals surface area (Å²) in [4.78, 5) is 17.9. The fraction of sp³-hybridized carbons (Fsp3) is 0.407. The molecule has 0 amide bonds. The van der Waals surface area contributed by atoms with Crippen LogP contribution in [0.3, 0.4) is 0 Å². The van der Waals surface area contributed by atoms with Crippen molar-refractivity contribution in [3.8, 4) is 17.2 Å². The number of aliphatic imine (C=N–C) groups is 1. The molecule has 1 saturated carbocycles. The van der Waals surface area contributed by atoms with Gasteiger partial charge in [0, 0.05) is 12.8 Å². The third kappa shape index (κ3) is 5.95. The number of hydrogen-bond acceptors (Lipinski definition) is 6. The zero-order valence-corrected chi connectivity index (χ0v) is 20.1. The number of rotatable bonds is 8. The summed E-state index contributed by atoms with van der Waals surface area (Å²) in [6.45, 7) is 8.93. The Labute approximate surface area is 195 Å². The predicted octanol–water partition coefficient (Wildman–Crippen LogP) is 6.01. The average Bonchev–Trinajstić information content (AvgIpc) is 2.75. The van der Waals surface area contributed by atoms with Gasteiger partial charge in [0.05, 0.1) is 31.6 Å². The van der Waals surface area contributed by atoms with Crippen LogP contribution in [0, 0.1) is 5.41 Å². The second-order valence-corrected chi connectivity index (χ2v) is 8.82. The van der Waals surface area contributed by atoms with Crippen molar-refractivity contribution in [1.82, 2.24) is 0 Å². The van der Waals surface area contributed by atoms with Gasteiger partial charge in [0.2, 0.25) is 0 Å². The summed E-state index contributed by atoms with van der Waals surface area (Å²) in [5, 5.41) is 11.1. The van der Waals surface area contributed by atoms with Crippen molar-refractivity contribution < 1.29 is 24.1 Å². The van der Waals surface area contributed by atoms with E-state index >= 15 is 0 Å². The standard InChI is InChI=1S/C27H33NO5/c1-6-32-24-13-12-18(15-25(24)33-7-2)14-21(29)26-20(16-27(3,4)17-22(26)30)28-19-10-8-9-11-23(19)31-5/h8-13,15,29H,6-7,14,16-17H2,1-5H3/b26-21-,28-20?. The molecule has 0 spiro atoms. The Morgan fingerprint density at radius 3 is 2.39 bits per heavy atom. The maximum atomic E-state index is 13.1. The number of ketones is 1. The number of aliphatic hydroxyl groups excluding tert-OH is 1. The lowest BCUT2D eigenvalue weighted by Crippen LogP contribution is -2.32. The molecule has 0 aromatic heterocycles. The first-order valence-electron chi connectivity index (χ1n) is 11.3. The highest BCUT2D eigenvalue weighted by Crippen LogP contribution is 2.38. The number of benzene rings is 2. The molecular formula is C27H33NO5. The Morgan fingerprint density at radius 2 is 1.70 bits per heavy atom. The molecular weight excluding hydrogens is 418 g/mol. The Bertz CT molecular complexity index is 1070. The summed E-state index contributed by atoms with van der Waals surface area (Å²) in [5.41, 5.74) is 2.08. The molecule has 0 bridgehead atoms. The van der Waals surface area contributed by atoms with Crippen molar-refractivity contribution in [2.45, 2.75) is 47.0 Å². The van der Waals surface area contributed by atoms with Crippen LogP contribution in [0.25, 0.3) is 0 Å². The number of carbonyl (C=O) groups is 1. The Balaban J connectivity index is 2.02. The van der Waals surface area contributed by atoms with Crippen LogP contribution in [-0.2, 0) is 11.2 Å². The van der Waals surface area contributed by atoms with Gasteiger partial charge in [-0.3, -0.25) is 4.79 Å². The number of hydrogen-bond donors (Lipinski definition) is 1. The van der Waals surface area contributed by atoms with Crippen LogP contribution >= 0.6 is 0 Å². The first kappa shape index (κ1) is 24.4. The van der Waals surface area contributed by atoms with Gasteiger partial charge in [0.25, 0.3) is 0 Å². The van der Waals surface area contributed by atoms with Crippen molar-refractivity contribution in [2.75, 3.05) is 20.3 Å². The van der Waals surface area contributed by atoms with Crippen LogP contribution in [0.1, 0.15) is 46.1 Å². The minimum absolute atomic E-state index is 0.00996. The molecule has 0 atom stereocenters. The van der Waals surface area contributed by atoms with E-state index in [2.05, 4.69) is 0 Å². The van der Waals surface area contributed by atoms with Crippen molar-refractivity contribution in [1.29, 1.82) is 0 Å². The Kier molecular flexibility index (Phi) is 7.79. The van der Waals surface area contributed by atoms with E-state index < -0.39 is 0 Å². The highest BCUT2D eigenvalue weighted by atomic mass is 16.5. The van der Waals surface area contributed by atoms with E-state index in [0.717, 1.165) is 5.56 Å². The molecule has 0 heterocycles. The fourth-order valence-electron chi connectivity index (χ4n) is 4.07. The lowest BCUT2D eigenvalue weighted by Gasteiger charge is -2.31. The molecule has 1 aliphatic carbocycles. The molecule has 1 fully saturated rings. The van der Waals surface area contributed by atoms with Crippen LogP contribution in [-0.4, -0.2) is 36.9 Å². The van der Waals surface area contributed by atoms with Crippen LogP contribution < -0.4 is 14.2 Å². The SMILES string of the molecule is CCOc1ccc(C/C(O)=C2/C(=O)CC(C)(C)CC2=Nc2ccccc2OC)cc1OCC. The zero-order chi connectivity index (χ0) is 24.0. The molecule has 0 radical (unpaired) electrons. The van der Waals surface area contributed by atoms with Crippen molar-refractivity contribution >= 4 is 17.2 Å². The molecule has 6 heteroatoms. The molecule has 0 aliphatic heterocycles. The number of para-hydroxylation sites is 2. The Morgan fingerprint density at radius 1 is 1.00 bits per heavy atom. The molecule has 33 heavy (non-hydrogen) atoms. The molecule has 2 aromatic rings. The first-order chi connectivity index (χ1) is 15.8. The van der Waals surface area contributed by atoms with Crippen molar-refractivity contribution in [2.24, 2.45) is 10.4 Å².